The Morgan fingerprint density at radius 1 is 1.00 bits per heavy atom. The summed E-state index contributed by atoms with van der Waals surface area (Å²) in [6.45, 7) is 13.6. The number of benzene rings is 1. The van der Waals surface area contributed by atoms with Crippen LogP contribution in [-0.2, 0) is 33.3 Å². The average molecular weight is 583 g/mol. The van der Waals surface area contributed by atoms with Crippen LogP contribution >= 0.6 is 0 Å². The molecule has 0 amide bonds. The lowest BCUT2D eigenvalue weighted by atomic mass is 9.43. The smallest absolute Gasteiger partial charge is 0.338 e. The maximum atomic E-state index is 15.0. The number of fused-ring (bicyclic) bond motifs is 5. The number of carbonyl (C=O) groups excluding carboxylic acids is 4. The standard InChI is InChI=1S/C33H42O9/c1-17-15-33(38)28(41-29(37)22-12-10-9-11-13-22)26-31(8,18(2)14-23-32(26,16-39-23)42-21(5)35)27(36)25(40-20(4)34)24(19(17)3)30(33,6)7/h9-13,17-18,23,25-26,28,38H,14-16H2,1-8H3/t17-,18-,23+,25+,26-,28-,31+,32-,33+/m0/s1. The zero-order valence-corrected chi connectivity index (χ0v) is 25.7. The fraction of sp³-hybridized carbons (Fsp3) is 0.636. The number of hydrogen-bond donors (Lipinski definition) is 1. The molecule has 1 aliphatic heterocycles. The molecule has 1 saturated heterocycles. The molecule has 1 aromatic carbocycles. The van der Waals surface area contributed by atoms with Crippen molar-refractivity contribution in [1.82, 2.24) is 0 Å². The first-order chi connectivity index (χ1) is 19.5. The molecular weight excluding hydrogens is 540 g/mol. The number of allylic oxidation sites excluding steroid dienone is 1. The minimum absolute atomic E-state index is 0.0249. The molecular formula is C33H42O9. The number of rotatable bonds is 4. The van der Waals surface area contributed by atoms with E-state index in [9.17, 15) is 19.5 Å². The van der Waals surface area contributed by atoms with Crippen LogP contribution in [0.4, 0.5) is 0 Å². The Hall–Kier alpha value is -3.04. The highest BCUT2D eigenvalue weighted by atomic mass is 16.6. The molecule has 42 heavy (non-hydrogen) atoms. The Morgan fingerprint density at radius 3 is 2.19 bits per heavy atom. The summed E-state index contributed by atoms with van der Waals surface area (Å²) >= 11 is 0. The number of hydrogen-bond acceptors (Lipinski definition) is 9. The van der Waals surface area contributed by atoms with Crippen LogP contribution < -0.4 is 0 Å². The van der Waals surface area contributed by atoms with Crippen LogP contribution in [0.1, 0.15) is 78.6 Å². The largest absolute Gasteiger partial charge is 0.455 e. The molecule has 0 radical (unpaired) electrons. The molecule has 3 aliphatic carbocycles. The van der Waals surface area contributed by atoms with E-state index in [2.05, 4.69) is 0 Å². The van der Waals surface area contributed by atoms with Gasteiger partial charge in [0.05, 0.1) is 18.1 Å². The summed E-state index contributed by atoms with van der Waals surface area (Å²) in [4.78, 5) is 54.0. The van der Waals surface area contributed by atoms with E-state index >= 15 is 4.79 Å². The molecule has 9 nitrogen and oxygen atoms in total. The average Bonchev–Trinajstić information content (AvgIpc) is 2.90. The predicted octanol–water partition coefficient (Wildman–Crippen LogP) is 4.20. The first-order valence-electron chi connectivity index (χ1n) is 14.7. The number of esters is 3. The summed E-state index contributed by atoms with van der Waals surface area (Å²) < 4.78 is 24.3. The van der Waals surface area contributed by atoms with Gasteiger partial charge in [-0.05, 0) is 49.3 Å². The molecule has 9 heteroatoms. The summed E-state index contributed by atoms with van der Waals surface area (Å²) in [6, 6.07) is 8.47. The topological polar surface area (TPSA) is 125 Å². The highest BCUT2D eigenvalue weighted by Gasteiger charge is 2.77. The number of ketones is 1. The van der Waals surface area contributed by atoms with Crippen molar-refractivity contribution in [3.8, 4) is 0 Å². The van der Waals surface area contributed by atoms with Crippen molar-refractivity contribution >= 4 is 23.7 Å². The van der Waals surface area contributed by atoms with Gasteiger partial charge < -0.3 is 24.1 Å². The molecule has 3 fully saturated rings. The molecule has 4 aliphatic rings. The first kappa shape index (κ1) is 30.4. The van der Waals surface area contributed by atoms with Crippen molar-refractivity contribution in [2.75, 3.05) is 6.61 Å². The van der Waals surface area contributed by atoms with Crippen LogP contribution in [0.5, 0.6) is 0 Å². The maximum Gasteiger partial charge on any atom is 0.338 e. The van der Waals surface area contributed by atoms with Crippen LogP contribution in [0.15, 0.2) is 41.5 Å². The van der Waals surface area contributed by atoms with Crippen molar-refractivity contribution < 1.29 is 43.2 Å². The van der Waals surface area contributed by atoms with Crippen LogP contribution in [0, 0.1) is 28.6 Å². The van der Waals surface area contributed by atoms with Gasteiger partial charge in [0.15, 0.2) is 17.5 Å². The van der Waals surface area contributed by atoms with E-state index < -0.39 is 64.2 Å². The van der Waals surface area contributed by atoms with Crippen molar-refractivity contribution in [2.24, 2.45) is 28.6 Å². The SMILES string of the molecule is CC(=O)O[C@H]1C(=O)[C@@]2(C)[C@H]([C@H](OC(=O)c3ccccc3)[C@]3(O)C[C@H](C)C(C)=C1C3(C)C)[C@]1(OC(C)=O)CO[C@@H]1C[C@@H]2C. The van der Waals surface area contributed by atoms with Crippen molar-refractivity contribution in [3.63, 3.8) is 0 Å². The molecule has 0 aromatic heterocycles. The van der Waals surface area contributed by atoms with Gasteiger partial charge in [0, 0.05) is 24.7 Å². The van der Waals surface area contributed by atoms with Crippen molar-refractivity contribution in [2.45, 2.75) is 97.7 Å². The van der Waals surface area contributed by atoms with Crippen molar-refractivity contribution in [1.29, 1.82) is 0 Å². The monoisotopic (exact) mass is 582 g/mol. The normalized spacial score (nSPS) is 40.4. The second-order valence-corrected chi connectivity index (χ2v) is 13.5. The van der Waals surface area contributed by atoms with E-state index in [1.165, 1.54) is 13.8 Å². The lowest BCUT2D eigenvalue weighted by Crippen LogP contribution is -2.80. The van der Waals surface area contributed by atoms with E-state index in [-0.39, 0.29) is 36.2 Å². The van der Waals surface area contributed by atoms with Crippen LogP contribution in [0.3, 0.4) is 0 Å². The molecule has 0 unspecified atom stereocenters. The van der Waals surface area contributed by atoms with Gasteiger partial charge in [-0.25, -0.2) is 4.79 Å². The van der Waals surface area contributed by atoms with Crippen LogP contribution in [0.2, 0.25) is 0 Å². The molecule has 0 spiro atoms. The third kappa shape index (κ3) is 4.10. The summed E-state index contributed by atoms with van der Waals surface area (Å²) in [5.74, 6) is -3.85. The Bertz CT molecular complexity index is 1350. The van der Waals surface area contributed by atoms with Gasteiger partial charge in [0.25, 0.3) is 0 Å². The molecule has 5 rings (SSSR count). The molecule has 2 bridgehead atoms. The quantitative estimate of drug-likeness (QED) is 0.316. The van der Waals surface area contributed by atoms with E-state index in [0.717, 1.165) is 5.57 Å². The van der Waals surface area contributed by atoms with E-state index in [4.69, 9.17) is 18.9 Å². The molecule has 1 heterocycles. The summed E-state index contributed by atoms with van der Waals surface area (Å²) in [5.41, 5.74) is -3.99. The van der Waals surface area contributed by atoms with Gasteiger partial charge in [0.1, 0.15) is 17.8 Å². The highest BCUT2D eigenvalue weighted by Crippen LogP contribution is 2.65. The van der Waals surface area contributed by atoms with Crippen molar-refractivity contribution in [3.05, 3.63) is 47.0 Å². The minimum Gasteiger partial charge on any atom is -0.455 e. The Labute approximate surface area is 246 Å². The lowest BCUT2D eigenvalue weighted by molar-refractivity contribution is -0.340. The zero-order chi connectivity index (χ0) is 31.0. The van der Waals surface area contributed by atoms with E-state index in [1.807, 2.05) is 20.8 Å². The predicted molar refractivity (Wildman–Crippen MR) is 151 cm³/mol. The fourth-order valence-corrected chi connectivity index (χ4v) is 8.46. The van der Waals surface area contributed by atoms with Gasteiger partial charge in [-0.2, -0.15) is 0 Å². The lowest BCUT2D eigenvalue weighted by Gasteiger charge is -2.68. The fourth-order valence-electron chi connectivity index (χ4n) is 8.46. The third-order valence-electron chi connectivity index (χ3n) is 11.0. The number of aliphatic hydroxyl groups is 1. The number of carbonyl (C=O) groups is 4. The number of ether oxygens (including phenoxy) is 4. The Morgan fingerprint density at radius 2 is 1.64 bits per heavy atom. The molecule has 2 saturated carbocycles. The minimum atomic E-state index is -1.75. The Kier molecular flexibility index (Phi) is 7.25. The third-order valence-corrected chi connectivity index (χ3v) is 11.0. The first-order valence-corrected chi connectivity index (χ1v) is 14.7. The van der Waals surface area contributed by atoms with Crippen LogP contribution in [-0.4, -0.2) is 64.9 Å². The molecule has 1 N–H and O–H groups in total. The van der Waals surface area contributed by atoms with Crippen LogP contribution in [0.25, 0.3) is 0 Å². The summed E-state index contributed by atoms with van der Waals surface area (Å²) in [6.07, 6.45) is -2.55. The summed E-state index contributed by atoms with van der Waals surface area (Å²) in [5, 5.41) is 13.1. The second kappa shape index (κ2) is 10.0. The van der Waals surface area contributed by atoms with Gasteiger partial charge in [-0.3, -0.25) is 14.4 Å². The molecule has 228 valence electrons. The van der Waals surface area contributed by atoms with Gasteiger partial charge in [-0.1, -0.05) is 58.4 Å². The molecule has 9 atom stereocenters. The summed E-state index contributed by atoms with van der Waals surface area (Å²) in [7, 11) is 0. The highest BCUT2D eigenvalue weighted by molar-refractivity contribution is 5.95. The zero-order valence-electron chi connectivity index (χ0n) is 25.7. The number of Topliss-reactive ketones (excluding diaryl/α,β-unsaturated/α-hetero) is 1. The Balaban J connectivity index is 1.84. The second-order valence-electron chi connectivity index (χ2n) is 13.5. The van der Waals surface area contributed by atoms with E-state index in [0.29, 0.717) is 12.0 Å². The van der Waals surface area contributed by atoms with Gasteiger partial charge in [0.2, 0.25) is 0 Å². The van der Waals surface area contributed by atoms with Gasteiger partial charge in [-0.15, -0.1) is 0 Å². The van der Waals surface area contributed by atoms with E-state index in [1.54, 1.807) is 51.1 Å². The maximum absolute atomic E-state index is 15.0. The van der Waals surface area contributed by atoms with Gasteiger partial charge >= 0.3 is 17.9 Å². The molecule has 1 aromatic rings.